The molecular formula is C19H14F3N3O4S. The number of fused-ring (bicyclic) bond motifs is 1. The molecule has 1 aliphatic rings. The highest BCUT2D eigenvalue weighted by Gasteiger charge is 2.48. The first-order valence-corrected chi connectivity index (χ1v) is 10.0. The number of benzene rings is 2. The van der Waals surface area contributed by atoms with Crippen LogP contribution < -0.4 is 9.50 Å². The molecule has 30 heavy (non-hydrogen) atoms. The van der Waals surface area contributed by atoms with Gasteiger partial charge in [-0.25, -0.2) is 4.98 Å². The smallest absolute Gasteiger partial charge is 0.508 e. The van der Waals surface area contributed by atoms with E-state index in [0.717, 1.165) is 17.7 Å². The summed E-state index contributed by atoms with van der Waals surface area (Å²) in [5.41, 5.74) is -4.35. The van der Waals surface area contributed by atoms with Crippen LogP contribution in [-0.4, -0.2) is 29.0 Å². The number of anilines is 1. The Balaban J connectivity index is 1.74. The third-order valence-corrected chi connectivity index (χ3v) is 5.71. The second kappa shape index (κ2) is 6.87. The molecule has 7 nitrogen and oxygen atoms in total. The van der Waals surface area contributed by atoms with Gasteiger partial charge < -0.3 is 14.6 Å². The van der Waals surface area contributed by atoms with Crippen molar-refractivity contribution in [1.82, 2.24) is 9.97 Å². The molecule has 0 bridgehead atoms. The van der Waals surface area contributed by atoms with Crippen LogP contribution in [0.4, 0.5) is 19.0 Å². The van der Waals surface area contributed by atoms with Gasteiger partial charge in [0.1, 0.15) is 17.3 Å². The van der Waals surface area contributed by atoms with E-state index in [4.69, 9.17) is 0 Å². The van der Waals surface area contributed by atoms with E-state index in [0.29, 0.717) is 23.5 Å². The van der Waals surface area contributed by atoms with E-state index >= 15 is 0 Å². The molecule has 0 saturated heterocycles. The topological polar surface area (TPSA) is 101 Å². The highest BCUT2D eigenvalue weighted by Crippen LogP contribution is 2.43. The number of phenols is 1. The molecule has 0 amide bonds. The maximum absolute atomic E-state index is 12.6. The number of nitrogens with zero attached hydrogens (tertiary/aromatic N) is 2. The average Bonchev–Trinajstić information content (AvgIpc) is 3.08. The van der Waals surface area contributed by atoms with Crippen LogP contribution in [0.1, 0.15) is 16.8 Å². The first kappa shape index (κ1) is 20.0. The second-order valence-electron chi connectivity index (χ2n) is 6.61. The Hall–Kier alpha value is -3.34. The summed E-state index contributed by atoms with van der Waals surface area (Å²) in [6.07, 6.45) is 3.45. The van der Waals surface area contributed by atoms with Crippen molar-refractivity contribution in [2.24, 2.45) is 0 Å². The summed E-state index contributed by atoms with van der Waals surface area (Å²) in [5, 5.41) is 12.9. The molecule has 0 saturated carbocycles. The highest BCUT2D eigenvalue weighted by atomic mass is 32.2. The van der Waals surface area contributed by atoms with Crippen LogP contribution in [0.3, 0.4) is 0 Å². The Labute approximate surface area is 169 Å². The number of rotatable bonds is 4. The summed E-state index contributed by atoms with van der Waals surface area (Å²) in [6, 6.07) is 11.6. The van der Waals surface area contributed by atoms with Crippen LogP contribution >= 0.6 is 0 Å². The first-order valence-electron chi connectivity index (χ1n) is 8.60. The van der Waals surface area contributed by atoms with E-state index in [1.807, 2.05) is 0 Å². The van der Waals surface area contributed by atoms with Gasteiger partial charge in [-0.05, 0) is 35.4 Å². The Bertz CT molecular complexity index is 1160. The maximum Gasteiger partial charge on any atom is 0.534 e. The van der Waals surface area contributed by atoms with Gasteiger partial charge in [0, 0.05) is 18.8 Å². The van der Waals surface area contributed by atoms with Crippen LogP contribution in [0.2, 0.25) is 0 Å². The minimum absolute atomic E-state index is 0.0711. The molecule has 0 spiro atoms. The molecule has 2 aromatic carbocycles. The molecule has 0 radical (unpaired) electrons. The largest absolute Gasteiger partial charge is 0.534 e. The molecule has 1 aromatic heterocycles. The van der Waals surface area contributed by atoms with Gasteiger partial charge in [-0.3, -0.25) is 4.98 Å². The van der Waals surface area contributed by atoms with Gasteiger partial charge in [0.15, 0.2) is 0 Å². The molecule has 1 unspecified atom stereocenters. The predicted octanol–water partition coefficient (Wildman–Crippen LogP) is 3.32. The minimum atomic E-state index is -5.76. The first-order chi connectivity index (χ1) is 14.1. The molecule has 4 rings (SSSR count). The predicted molar refractivity (Wildman–Crippen MR) is 100 cm³/mol. The van der Waals surface area contributed by atoms with E-state index in [2.05, 4.69) is 19.5 Å². The van der Waals surface area contributed by atoms with Crippen molar-refractivity contribution in [3.63, 3.8) is 0 Å². The number of aromatic hydroxyl groups is 1. The molecule has 0 aliphatic carbocycles. The fourth-order valence-corrected chi connectivity index (χ4v) is 3.79. The Morgan fingerprint density at radius 2 is 1.53 bits per heavy atom. The number of aromatic nitrogens is 2. The van der Waals surface area contributed by atoms with Crippen LogP contribution in [0.5, 0.6) is 11.5 Å². The van der Waals surface area contributed by atoms with Crippen LogP contribution in [0.25, 0.3) is 0 Å². The van der Waals surface area contributed by atoms with Crippen molar-refractivity contribution >= 4 is 15.9 Å². The van der Waals surface area contributed by atoms with Crippen molar-refractivity contribution in [3.05, 3.63) is 77.7 Å². The molecule has 1 atom stereocenters. The van der Waals surface area contributed by atoms with E-state index in [9.17, 15) is 26.7 Å². The molecule has 11 heteroatoms. The summed E-state index contributed by atoms with van der Waals surface area (Å²) in [7, 11) is -5.76. The molecule has 156 valence electrons. The van der Waals surface area contributed by atoms with Gasteiger partial charge in [0.05, 0.1) is 11.2 Å². The van der Waals surface area contributed by atoms with Gasteiger partial charge in [-0.2, -0.15) is 21.6 Å². The number of hydrogen-bond donors (Lipinski definition) is 2. The molecular weight excluding hydrogens is 423 g/mol. The van der Waals surface area contributed by atoms with Crippen molar-refractivity contribution in [3.8, 4) is 11.5 Å². The Morgan fingerprint density at radius 3 is 2.10 bits per heavy atom. The van der Waals surface area contributed by atoms with E-state index in [1.54, 1.807) is 18.3 Å². The highest BCUT2D eigenvalue weighted by molar-refractivity contribution is 7.88. The quantitative estimate of drug-likeness (QED) is 0.477. The number of phenolic OH excluding ortho intramolecular Hbond substituents is 1. The van der Waals surface area contributed by atoms with E-state index < -0.39 is 26.9 Å². The van der Waals surface area contributed by atoms with Gasteiger partial charge in [-0.1, -0.05) is 24.3 Å². The monoisotopic (exact) mass is 437 g/mol. The third kappa shape index (κ3) is 3.41. The maximum atomic E-state index is 12.6. The standard InChI is InChI=1S/C19H14F3N3O4S/c20-19(21,22)30(27,28)29-15-7-3-13(4-8-15)18(12-1-5-14(26)6-2-12)11-16-17(25-18)24-10-9-23-16/h1-10,26H,11H2,(H,24,25). The Kier molecular flexibility index (Phi) is 4.57. The van der Waals surface area contributed by atoms with Crippen LogP contribution in [0.15, 0.2) is 60.9 Å². The molecule has 2 heterocycles. The van der Waals surface area contributed by atoms with Crippen molar-refractivity contribution in [1.29, 1.82) is 0 Å². The molecule has 3 aromatic rings. The summed E-state index contributed by atoms with van der Waals surface area (Å²) in [5.74, 6) is 0.149. The number of alkyl halides is 3. The lowest BCUT2D eigenvalue weighted by molar-refractivity contribution is -0.0500. The van der Waals surface area contributed by atoms with Gasteiger partial charge in [-0.15, -0.1) is 0 Å². The lowest BCUT2D eigenvalue weighted by Gasteiger charge is -2.31. The fourth-order valence-electron chi connectivity index (χ4n) is 3.33. The van der Waals surface area contributed by atoms with E-state index in [1.165, 1.54) is 30.5 Å². The van der Waals surface area contributed by atoms with Crippen molar-refractivity contribution in [2.75, 3.05) is 5.32 Å². The molecule has 0 fully saturated rings. The summed E-state index contributed by atoms with van der Waals surface area (Å²) < 4.78 is 64.3. The van der Waals surface area contributed by atoms with E-state index in [-0.39, 0.29) is 5.75 Å². The normalized spacial score (nSPS) is 18.5. The number of halogens is 3. The SMILES string of the molecule is O=S(=O)(Oc1ccc(C2(c3ccc(O)cc3)Cc3nccnc3N2)cc1)C(F)(F)F. The van der Waals surface area contributed by atoms with Gasteiger partial charge >= 0.3 is 15.6 Å². The average molecular weight is 437 g/mol. The number of hydrogen-bond acceptors (Lipinski definition) is 7. The zero-order valence-corrected chi connectivity index (χ0v) is 15.9. The zero-order chi connectivity index (χ0) is 21.6. The van der Waals surface area contributed by atoms with Gasteiger partial charge in [0.2, 0.25) is 0 Å². The fraction of sp³-hybridized carbons (Fsp3) is 0.158. The van der Waals surface area contributed by atoms with Crippen molar-refractivity contribution in [2.45, 2.75) is 17.5 Å². The molecule has 2 N–H and O–H groups in total. The molecule has 1 aliphatic heterocycles. The number of nitrogens with one attached hydrogen (secondary N) is 1. The second-order valence-corrected chi connectivity index (χ2v) is 8.15. The van der Waals surface area contributed by atoms with Crippen molar-refractivity contribution < 1.29 is 30.9 Å². The summed E-state index contributed by atoms with van der Waals surface area (Å²) >= 11 is 0. The summed E-state index contributed by atoms with van der Waals surface area (Å²) in [4.78, 5) is 8.58. The lowest BCUT2D eigenvalue weighted by atomic mass is 9.81. The zero-order valence-electron chi connectivity index (χ0n) is 15.1. The van der Waals surface area contributed by atoms with Gasteiger partial charge in [0.25, 0.3) is 0 Å². The van der Waals surface area contributed by atoms with Crippen LogP contribution in [0, 0.1) is 0 Å². The Morgan fingerprint density at radius 1 is 0.967 bits per heavy atom. The third-order valence-electron chi connectivity index (χ3n) is 4.74. The van der Waals surface area contributed by atoms with Crippen LogP contribution in [-0.2, 0) is 22.1 Å². The lowest BCUT2D eigenvalue weighted by Crippen LogP contribution is -2.34. The summed E-state index contributed by atoms with van der Waals surface area (Å²) in [6.45, 7) is 0. The minimum Gasteiger partial charge on any atom is -0.508 e.